The summed E-state index contributed by atoms with van der Waals surface area (Å²) in [6, 6.07) is 0. The fraction of sp³-hybridized carbons (Fsp3) is 0.600. The summed E-state index contributed by atoms with van der Waals surface area (Å²) in [5.41, 5.74) is 0.526. The molecule has 0 fully saturated rings. The summed E-state index contributed by atoms with van der Waals surface area (Å²) >= 11 is 23.5. The lowest BCUT2D eigenvalue weighted by molar-refractivity contribution is 0.283. The van der Waals surface area contributed by atoms with Crippen molar-refractivity contribution in [2.24, 2.45) is 0 Å². The van der Waals surface area contributed by atoms with Crippen molar-refractivity contribution in [3.63, 3.8) is 0 Å². The maximum Gasteiger partial charge on any atom is 0.0967 e. The van der Waals surface area contributed by atoms with Crippen LogP contribution in [-0.2, 0) is 17.3 Å². The summed E-state index contributed by atoms with van der Waals surface area (Å²) in [4.78, 5) is 0. The molecule has 3 N–H and O–H groups in total. The topological polar surface area (TPSA) is 60.7 Å². The van der Waals surface area contributed by atoms with Gasteiger partial charge in [-0.3, -0.25) is 0 Å². The van der Waals surface area contributed by atoms with Crippen molar-refractivity contribution in [3.8, 4) is 0 Å². The molecule has 0 aliphatic carbocycles. The van der Waals surface area contributed by atoms with E-state index in [1.54, 1.807) is 20.8 Å². The third-order valence-corrected chi connectivity index (χ3v) is 7.18. The second-order valence-corrected chi connectivity index (χ2v) is 10.2. The number of rotatable bonds is 9. The maximum absolute atomic E-state index is 9.52. The van der Waals surface area contributed by atoms with Crippen LogP contribution in [0.5, 0.6) is 0 Å². The van der Waals surface area contributed by atoms with Crippen LogP contribution in [0.1, 0.15) is 37.5 Å². The SMILES string of the molecule is CC(O)SCc1c(Cl)c(CSC(C)O)c(Cl)c(CSC(C)O)c1Cl. The molecule has 138 valence electrons. The molecule has 24 heavy (non-hydrogen) atoms. The van der Waals surface area contributed by atoms with Gasteiger partial charge in [0.05, 0.1) is 31.4 Å². The number of aliphatic hydroxyl groups is 3. The standard InChI is InChI=1S/C15H21Cl3O3S3/c1-7(19)22-4-10-13(16)11(5-23-8(2)20)15(18)12(14(10)17)6-24-9(3)21/h7-9,19-21H,4-6H2,1-3H3. The summed E-state index contributed by atoms with van der Waals surface area (Å²) < 4.78 is 0. The molecule has 1 rings (SSSR count). The van der Waals surface area contributed by atoms with E-state index in [0.29, 0.717) is 32.3 Å². The average Bonchev–Trinajstić information content (AvgIpc) is 2.45. The van der Waals surface area contributed by atoms with Gasteiger partial charge in [-0.1, -0.05) is 34.8 Å². The molecule has 3 unspecified atom stereocenters. The van der Waals surface area contributed by atoms with E-state index in [9.17, 15) is 15.3 Å². The van der Waals surface area contributed by atoms with Crippen molar-refractivity contribution in [3.05, 3.63) is 31.8 Å². The lowest BCUT2D eigenvalue weighted by Gasteiger charge is -2.19. The van der Waals surface area contributed by atoms with Crippen LogP contribution < -0.4 is 0 Å². The molecule has 0 radical (unpaired) electrons. The predicted octanol–water partition coefficient (Wildman–Crippen LogP) is 5.36. The van der Waals surface area contributed by atoms with Crippen LogP contribution in [0.25, 0.3) is 0 Å². The molecule has 0 heterocycles. The summed E-state index contributed by atoms with van der Waals surface area (Å²) in [6.07, 6.45) is 0. The minimum Gasteiger partial charge on any atom is -0.383 e. The van der Waals surface area contributed by atoms with E-state index < -0.39 is 16.3 Å². The van der Waals surface area contributed by atoms with E-state index in [1.165, 1.54) is 35.3 Å². The van der Waals surface area contributed by atoms with Gasteiger partial charge in [0.15, 0.2) is 0 Å². The predicted molar refractivity (Wildman–Crippen MR) is 110 cm³/mol. The first-order valence-electron chi connectivity index (χ1n) is 7.21. The zero-order valence-corrected chi connectivity index (χ0v) is 18.3. The van der Waals surface area contributed by atoms with E-state index in [1.807, 2.05) is 0 Å². The van der Waals surface area contributed by atoms with Crippen molar-refractivity contribution in [2.45, 2.75) is 54.3 Å². The highest BCUT2D eigenvalue weighted by molar-refractivity contribution is 7.99. The molecule has 3 atom stereocenters. The highest BCUT2D eigenvalue weighted by atomic mass is 35.5. The van der Waals surface area contributed by atoms with Gasteiger partial charge in [0.25, 0.3) is 0 Å². The van der Waals surface area contributed by atoms with Gasteiger partial charge in [-0.15, -0.1) is 35.3 Å². The normalized spacial score (nSPS) is 15.4. The largest absolute Gasteiger partial charge is 0.383 e. The van der Waals surface area contributed by atoms with E-state index in [-0.39, 0.29) is 0 Å². The fourth-order valence-corrected chi connectivity index (χ4v) is 5.51. The Labute approximate surface area is 170 Å². The Kier molecular flexibility index (Phi) is 10.6. The first-order valence-corrected chi connectivity index (χ1v) is 11.5. The Morgan fingerprint density at radius 3 is 1.00 bits per heavy atom. The van der Waals surface area contributed by atoms with Gasteiger partial charge in [0, 0.05) is 33.9 Å². The smallest absolute Gasteiger partial charge is 0.0967 e. The van der Waals surface area contributed by atoms with Crippen LogP contribution in [0.15, 0.2) is 0 Å². The van der Waals surface area contributed by atoms with Crippen LogP contribution in [-0.4, -0.2) is 31.6 Å². The molecule has 1 aromatic carbocycles. The molecule has 0 aromatic heterocycles. The van der Waals surface area contributed by atoms with E-state index in [0.717, 1.165) is 16.7 Å². The van der Waals surface area contributed by atoms with Gasteiger partial charge in [0.1, 0.15) is 0 Å². The van der Waals surface area contributed by atoms with Crippen molar-refractivity contribution >= 4 is 70.1 Å². The summed E-state index contributed by atoms with van der Waals surface area (Å²) in [5.74, 6) is 1.35. The van der Waals surface area contributed by atoms with Gasteiger partial charge in [0.2, 0.25) is 0 Å². The first-order chi connectivity index (χ1) is 11.1. The average molecular weight is 452 g/mol. The van der Waals surface area contributed by atoms with Gasteiger partial charge in [-0.2, -0.15) is 0 Å². The number of aliphatic hydroxyl groups excluding tert-OH is 3. The van der Waals surface area contributed by atoms with E-state index in [4.69, 9.17) is 34.8 Å². The van der Waals surface area contributed by atoms with Crippen molar-refractivity contribution < 1.29 is 15.3 Å². The molecular formula is C15H21Cl3O3S3. The van der Waals surface area contributed by atoms with Crippen molar-refractivity contribution in [1.82, 2.24) is 0 Å². The Balaban J connectivity index is 3.29. The minimum atomic E-state index is -0.543. The first kappa shape index (κ1) is 23.1. The second-order valence-electron chi connectivity index (χ2n) is 5.11. The lowest BCUT2D eigenvalue weighted by Crippen LogP contribution is -2.03. The number of thioether (sulfide) groups is 3. The van der Waals surface area contributed by atoms with Crippen molar-refractivity contribution in [1.29, 1.82) is 0 Å². The molecule has 0 aliphatic heterocycles. The number of halogens is 3. The summed E-state index contributed by atoms with van der Waals surface area (Å²) in [7, 11) is 0. The Hall–Kier alpha value is 1.02. The third-order valence-electron chi connectivity index (χ3n) is 3.00. The summed E-state index contributed by atoms with van der Waals surface area (Å²) in [6.45, 7) is 5.03. The summed E-state index contributed by atoms with van der Waals surface area (Å²) in [5, 5.41) is 30.0. The highest BCUT2D eigenvalue weighted by Gasteiger charge is 2.22. The second kappa shape index (κ2) is 11.0. The van der Waals surface area contributed by atoms with Gasteiger partial charge in [-0.05, 0) is 20.8 Å². The Morgan fingerprint density at radius 1 is 0.625 bits per heavy atom. The molecule has 0 bridgehead atoms. The van der Waals surface area contributed by atoms with Gasteiger partial charge < -0.3 is 15.3 Å². The van der Waals surface area contributed by atoms with Crippen LogP contribution in [0.3, 0.4) is 0 Å². The van der Waals surface area contributed by atoms with Gasteiger partial charge in [-0.25, -0.2) is 0 Å². The van der Waals surface area contributed by atoms with Gasteiger partial charge >= 0.3 is 0 Å². The molecule has 3 nitrogen and oxygen atoms in total. The quantitative estimate of drug-likeness (QED) is 0.439. The zero-order valence-electron chi connectivity index (χ0n) is 13.6. The van der Waals surface area contributed by atoms with E-state index in [2.05, 4.69) is 0 Å². The molecule has 9 heteroatoms. The van der Waals surface area contributed by atoms with Crippen LogP contribution >= 0.6 is 70.1 Å². The Morgan fingerprint density at radius 2 is 0.833 bits per heavy atom. The molecule has 1 aromatic rings. The molecule has 0 saturated carbocycles. The minimum absolute atomic E-state index is 0.450. The molecule has 0 saturated heterocycles. The lowest BCUT2D eigenvalue weighted by atomic mass is 10.1. The van der Waals surface area contributed by atoms with Crippen LogP contribution in [0, 0.1) is 0 Å². The van der Waals surface area contributed by atoms with Crippen molar-refractivity contribution in [2.75, 3.05) is 0 Å². The third kappa shape index (κ3) is 6.97. The molecule has 0 amide bonds. The van der Waals surface area contributed by atoms with E-state index >= 15 is 0 Å². The maximum atomic E-state index is 9.52. The molecular weight excluding hydrogens is 431 g/mol. The Bertz CT molecular complexity index is 457. The zero-order chi connectivity index (χ0) is 18.4. The molecule has 0 aliphatic rings. The monoisotopic (exact) mass is 450 g/mol. The van der Waals surface area contributed by atoms with Crippen LogP contribution in [0.4, 0.5) is 0 Å². The van der Waals surface area contributed by atoms with Crippen LogP contribution in [0.2, 0.25) is 15.1 Å². The molecule has 0 spiro atoms. The number of benzene rings is 1. The number of hydrogen-bond acceptors (Lipinski definition) is 6. The highest BCUT2D eigenvalue weighted by Crippen LogP contribution is 2.43. The number of hydrogen-bond donors (Lipinski definition) is 3. The fourth-order valence-electron chi connectivity index (χ4n) is 1.83.